The molecule has 0 saturated carbocycles. The third kappa shape index (κ3) is 3.07. The molecule has 0 unspecified atom stereocenters. The van der Waals surface area contributed by atoms with E-state index in [1.165, 1.54) is 10.3 Å². The molecule has 0 spiro atoms. The van der Waals surface area contributed by atoms with Crippen molar-refractivity contribution >= 4 is 21.7 Å². The number of aromatic nitrogens is 2. The summed E-state index contributed by atoms with van der Waals surface area (Å²) in [6, 6.07) is 2.00. The van der Waals surface area contributed by atoms with Crippen molar-refractivity contribution in [3.8, 4) is 0 Å². The molecule has 78 valence electrons. The first-order valence-corrected chi connectivity index (χ1v) is 5.91. The molecule has 0 saturated heterocycles. The van der Waals surface area contributed by atoms with Gasteiger partial charge in [-0.1, -0.05) is 27.7 Å². The third-order valence-corrected chi connectivity index (χ3v) is 2.38. The minimum Gasteiger partial charge on any atom is -0.236 e. The smallest absolute Gasteiger partial charge is 0.170 e. The monoisotopic (exact) mass is 210 g/mol. The van der Waals surface area contributed by atoms with Crippen LogP contribution in [0.3, 0.4) is 0 Å². The second-order valence-electron chi connectivity index (χ2n) is 2.13. The number of fused-ring (bicyclic) bond motifs is 1. The summed E-state index contributed by atoms with van der Waals surface area (Å²) in [5.41, 5.74) is 3.95. The van der Waals surface area contributed by atoms with E-state index in [1.807, 2.05) is 39.3 Å². The van der Waals surface area contributed by atoms with Crippen LogP contribution in [0.1, 0.15) is 33.3 Å². The lowest BCUT2D eigenvalue weighted by atomic mass is 10.3. The van der Waals surface area contributed by atoms with Gasteiger partial charge in [-0.2, -0.15) is 0 Å². The molecule has 2 heterocycles. The van der Waals surface area contributed by atoms with E-state index in [9.17, 15) is 0 Å². The molecule has 2 nitrogen and oxygen atoms in total. The zero-order valence-electron chi connectivity index (χ0n) is 9.53. The lowest BCUT2D eigenvalue weighted by Crippen LogP contribution is -1.76. The van der Waals surface area contributed by atoms with E-state index in [1.54, 1.807) is 17.5 Å². The second kappa shape index (κ2) is 7.44. The molecule has 0 radical (unpaired) electrons. The summed E-state index contributed by atoms with van der Waals surface area (Å²) < 4.78 is 1.20. The average molecular weight is 210 g/mol. The quantitative estimate of drug-likeness (QED) is 0.655. The molecule has 0 aliphatic carbocycles. The van der Waals surface area contributed by atoms with Gasteiger partial charge >= 0.3 is 0 Å². The van der Waals surface area contributed by atoms with Crippen LogP contribution in [-0.2, 0) is 0 Å². The van der Waals surface area contributed by atoms with Crippen LogP contribution in [0.5, 0.6) is 0 Å². The highest BCUT2D eigenvalue weighted by Crippen LogP contribution is 2.18. The van der Waals surface area contributed by atoms with Gasteiger partial charge in [0.1, 0.15) is 0 Å². The van der Waals surface area contributed by atoms with Gasteiger partial charge in [0.15, 0.2) is 5.65 Å². The third-order valence-electron chi connectivity index (χ3n) is 1.43. The second-order valence-corrected chi connectivity index (χ2v) is 2.99. The van der Waals surface area contributed by atoms with Crippen LogP contribution in [0, 0.1) is 6.92 Å². The van der Waals surface area contributed by atoms with Crippen LogP contribution < -0.4 is 0 Å². The number of thiazole rings is 1. The Bertz CT molecular complexity index is 355. The largest absolute Gasteiger partial charge is 0.236 e. The summed E-state index contributed by atoms with van der Waals surface area (Å²) in [5, 5.41) is 0. The zero-order chi connectivity index (χ0) is 11.0. The van der Waals surface area contributed by atoms with Crippen molar-refractivity contribution < 1.29 is 0 Å². The van der Waals surface area contributed by atoms with Gasteiger partial charge in [-0.15, -0.1) is 11.3 Å². The SMILES string of the molecule is CC.CC.Cc1ccnc2ncsc12. The van der Waals surface area contributed by atoms with Gasteiger partial charge in [0.25, 0.3) is 0 Å². The first-order chi connectivity index (χ1) is 6.88. The lowest BCUT2D eigenvalue weighted by Gasteiger charge is -1.89. The van der Waals surface area contributed by atoms with Gasteiger partial charge < -0.3 is 0 Å². The molecule has 2 aromatic rings. The Labute approximate surface area is 90.0 Å². The maximum absolute atomic E-state index is 4.10. The molecule has 0 atom stereocenters. The molecule has 0 aliphatic heterocycles. The molecule has 0 amide bonds. The topological polar surface area (TPSA) is 25.8 Å². The number of hydrogen-bond acceptors (Lipinski definition) is 3. The van der Waals surface area contributed by atoms with E-state index in [-0.39, 0.29) is 0 Å². The molecule has 2 rings (SSSR count). The van der Waals surface area contributed by atoms with Crippen LogP contribution >= 0.6 is 11.3 Å². The van der Waals surface area contributed by atoms with E-state index < -0.39 is 0 Å². The summed E-state index contributed by atoms with van der Waals surface area (Å²) >= 11 is 1.64. The van der Waals surface area contributed by atoms with Crippen molar-refractivity contribution in [2.75, 3.05) is 0 Å². The Hall–Kier alpha value is -0.960. The van der Waals surface area contributed by atoms with E-state index in [2.05, 4.69) is 16.9 Å². The van der Waals surface area contributed by atoms with Gasteiger partial charge in [0.05, 0.1) is 10.2 Å². The Morgan fingerprint density at radius 1 is 1.07 bits per heavy atom. The Morgan fingerprint density at radius 2 is 1.71 bits per heavy atom. The standard InChI is InChI=1S/C7H6N2S.2C2H6/c1-5-2-3-8-7-6(5)10-4-9-7;2*1-2/h2-4H,1H3;2*1-2H3. The Balaban J connectivity index is 0.000000379. The minimum absolute atomic E-state index is 0.866. The van der Waals surface area contributed by atoms with Crippen molar-refractivity contribution in [2.45, 2.75) is 34.6 Å². The minimum atomic E-state index is 0.866. The molecule has 0 N–H and O–H groups in total. The predicted octanol–water partition coefficient (Wildman–Crippen LogP) is 4.05. The Morgan fingerprint density at radius 3 is 2.29 bits per heavy atom. The molecule has 0 bridgehead atoms. The van der Waals surface area contributed by atoms with Crippen LogP contribution in [0.2, 0.25) is 0 Å². The summed E-state index contributed by atoms with van der Waals surface area (Å²) in [7, 11) is 0. The highest BCUT2D eigenvalue weighted by Gasteiger charge is 1.97. The normalized spacial score (nSPS) is 8.36. The van der Waals surface area contributed by atoms with Crippen molar-refractivity contribution in [1.82, 2.24) is 9.97 Å². The van der Waals surface area contributed by atoms with Crippen LogP contribution in [0.15, 0.2) is 17.8 Å². The molecular formula is C11H18N2S. The Kier molecular flexibility index (Phi) is 6.93. The summed E-state index contributed by atoms with van der Waals surface area (Å²) in [6.45, 7) is 10.1. The van der Waals surface area contributed by atoms with Crippen LogP contribution in [0.4, 0.5) is 0 Å². The lowest BCUT2D eigenvalue weighted by molar-refractivity contribution is 1.31. The van der Waals surface area contributed by atoms with Crippen molar-refractivity contribution in [1.29, 1.82) is 0 Å². The zero-order valence-corrected chi connectivity index (χ0v) is 10.4. The first kappa shape index (κ1) is 13.0. The number of aryl methyl sites for hydroxylation is 1. The summed E-state index contributed by atoms with van der Waals surface area (Å²) in [4.78, 5) is 8.19. The average Bonchev–Trinajstić information content (AvgIpc) is 2.73. The van der Waals surface area contributed by atoms with Gasteiger partial charge in [0, 0.05) is 6.20 Å². The maximum Gasteiger partial charge on any atom is 0.170 e. The molecule has 14 heavy (non-hydrogen) atoms. The highest BCUT2D eigenvalue weighted by molar-refractivity contribution is 7.16. The first-order valence-electron chi connectivity index (χ1n) is 5.03. The number of nitrogens with zero attached hydrogens (tertiary/aromatic N) is 2. The summed E-state index contributed by atoms with van der Waals surface area (Å²) in [5.74, 6) is 0. The fraction of sp³-hybridized carbons (Fsp3) is 0.455. The number of rotatable bonds is 0. The van der Waals surface area contributed by atoms with E-state index in [0.29, 0.717) is 0 Å². The van der Waals surface area contributed by atoms with Gasteiger partial charge in [-0.05, 0) is 18.6 Å². The van der Waals surface area contributed by atoms with Crippen LogP contribution in [0.25, 0.3) is 10.3 Å². The molecule has 3 heteroatoms. The van der Waals surface area contributed by atoms with E-state index in [4.69, 9.17) is 0 Å². The molecule has 2 aromatic heterocycles. The maximum atomic E-state index is 4.10. The van der Waals surface area contributed by atoms with Crippen molar-refractivity contribution in [2.24, 2.45) is 0 Å². The van der Waals surface area contributed by atoms with E-state index >= 15 is 0 Å². The number of hydrogen-bond donors (Lipinski definition) is 0. The van der Waals surface area contributed by atoms with Crippen LogP contribution in [-0.4, -0.2) is 9.97 Å². The molecular weight excluding hydrogens is 192 g/mol. The fourth-order valence-electron chi connectivity index (χ4n) is 0.897. The van der Waals surface area contributed by atoms with Crippen molar-refractivity contribution in [3.05, 3.63) is 23.3 Å². The van der Waals surface area contributed by atoms with Crippen molar-refractivity contribution in [3.63, 3.8) is 0 Å². The highest BCUT2D eigenvalue weighted by atomic mass is 32.1. The van der Waals surface area contributed by atoms with Gasteiger partial charge in [-0.3, -0.25) is 0 Å². The van der Waals surface area contributed by atoms with Gasteiger partial charge in [-0.25, -0.2) is 9.97 Å². The van der Waals surface area contributed by atoms with E-state index in [0.717, 1.165) is 5.65 Å². The summed E-state index contributed by atoms with van der Waals surface area (Å²) in [6.07, 6.45) is 1.79. The molecule has 0 aromatic carbocycles. The van der Waals surface area contributed by atoms with Gasteiger partial charge in [0.2, 0.25) is 0 Å². The predicted molar refractivity (Wildman–Crippen MR) is 64.8 cm³/mol. The number of pyridine rings is 1. The molecule has 0 aliphatic rings. The molecule has 0 fully saturated rings. The fourth-order valence-corrected chi connectivity index (χ4v) is 1.62.